The fraction of sp³-hybridized carbons (Fsp3) is 0.900. The predicted octanol–water partition coefficient (Wildman–Crippen LogP) is 1.96. The van der Waals surface area contributed by atoms with Crippen LogP contribution in [0.4, 0.5) is 0 Å². The molecule has 1 heterocycles. The second kappa shape index (κ2) is 3.99. The molecule has 0 aromatic carbocycles. The summed E-state index contributed by atoms with van der Waals surface area (Å²) < 4.78 is 0. The normalized spacial score (nSPS) is 22.5. The van der Waals surface area contributed by atoms with Gasteiger partial charge < -0.3 is 4.90 Å². The lowest BCUT2D eigenvalue weighted by atomic mass is 10.2. The average Bonchev–Trinajstić information content (AvgIpc) is 2.32. The molecule has 3 heteroatoms. The molecule has 0 aliphatic carbocycles. The van der Waals surface area contributed by atoms with E-state index in [0.717, 1.165) is 6.54 Å². The topological polar surface area (TPSA) is 18.8 Å². The standard InChI is InChI=1S/C10H21N3/c1-8(2)6-12-7-11-13(9(3)4)10(12)5/h7-10H,6H2,1-5H3. The summed E-state index contributed by atoms with van der Waals surface area (Å²) in [6.45, 7) is 12.1. The van der Waals surface area contributed by atoms with Crippen LogP contribution in [0.3, 0.4) is 0 Å². The molecule has 1 rings (SSSR count). The Balaban J connectivity index is 2.51. The summed E-state index contributed by atoms with van der Waals surface area (Å²) >= 11 is 0. The maximum Gasteiger partial charge on any atom is 0.116 e. The maximum atomic E-state index is 4.38. The van der Waals surface area contributed by atoms with Crippen LogP contribution in [0.15, 0.2) is 5.10 Å². The molecule has 1 aliphatic rings. The Bertz CT molecular complexity index is 187. The summed E-state index contributed by atoms with van der Waals surface area (Å²) in [4.78, 5) is 2.30. The van der Waals surface area contributed by atoms with Crippen molar-refractivity contribution in [2.75, 3.05) is 6.54 Å². The van der Waals surface area contributed by atoms with E-state index in [1.54, 1.807) is 0 Å². The van der Waals surface area contributed by atoms with Gasteiger partial charge in [0.25, 0.3) is 0 Å². The maximum absolute atomic E-state index is 4.38. The Morgan fingerprint density at radius 1 is 1.31 bits per heavy atom. The van der Waals surface area contributed by atoms with Gasteiger partial charge in [0, 0.05) is 12.6 Å². The highest BCUT2D eigenvalue weighted by molar-refractivity contribution is 5.57. The van der Waals surface area contributed by atoms with Gasteiger partial charge in [-0.3, -0.25) is 5.01 Å². The Labute approximate surface area is 81.4 Å². The van der Waals surface area contributed by atoms with Crippen molar-refractivity contribution in [1.82, 2.24) is 9.91 Å². The first-order chi connectivity index (χ1) is 6.02. The van der Waals surface area contributed by atoms with Crippen molar-refractivity contribution in [3.05, 3.63) is 0 Å². The van der Waals surface area contributed by atoms with Gasteiger partial charge in [-0.15, -0.1) is 0 Å². The molecule has 0 saturated heterocycles. The zero-order chi connectivity index (χ0) is 10.0. The predicted molar refractivity (Wildman–Crippen MR) is 56.5 cm³/mol. The third-order valence-electron chi connectivity index (χ3n) is 2.30. The van der Waals surface area contributed by atoms with E-state index in [4.69, 9.17) is 0 Å². The van der Waals surface area contributed by atoms with Gasteiger partial charge in [0.2, 0.25) is 0 Å². The molecule has 76 valence electrons. The molecule has 0 fully saturated rings. The molecule has 3 nitrogen and oxygen atoms in total. The van der Waals surface area contributed by atoms with Crippen molar-refractivity contribution in [3.8, 4) is 0 Å². The van der Waals surface area contributed by atoms with Crippen molar-refractivity contribution in [2.24, 2.45) is 11.0 Å². The largest absolute Gasteiger partial charge is 0.339 e. The second-order valence-corrected chi connectivity index (χ2v) is 4.43. The van der Waals surface area contributed by atoms with E-state index >= 15 is 0 Å². The molecule has 0 spiro atoms. The van der Waals surface area contributed by atoms with Gasteiger partial charge in [0.15, 0.2) is 0 Å². The molecule has 1 aliphatic heterocycles. The van der Waals surface area contributed by atoms with Crippen LogP contribution >= 0.6 is 0 Å². The first-order valence-electron chi connectivity index (χ1n) is 5.10. The van der Waals surface area contributed by atoms with Gasteiger partial charge >= 0.3 is 0 Å². The molecule has 0 radical (unpaired) electrons. The van der Waals surface area contributed by atoms with Crippen LogP contribution in [0.25, 0.3) is 0 Å². The molecule has 0 aromatic heterocycles. The highest BCUT2D eigenvalue weighted by atomic mass is 15.6. The van der Waals surface area contributed by atoms with Crippen molar-refractivity contribution >= 4 is 6.34 Å². The molecule has 0 saturated carbocycles. The van der Waals surface area contributed by atoms with E-state index in [1.807, 2.05) is 6.34 Å². The van der Waals surface area contributed by atoms with Gasteiger partial charge in [-0.1, -0.05) is 13.8 Å². The minimum atomic E-state index is 0.419. The number of nitrogens with zero attached hydrogens (tertiary/aromatic N) is 3. The van der Waals surface area contributed by atoms with E-state index in [1.165, 1.54) is 0 Å². The molecule has 13 heavy (non-hydrogen) atoms. The van der Waals surface area contributed by atoms with E-state index in [9.17, 15) is 0 Å². The minimum Gasteiger partial charge on any atom is -0.339 e. The molecule has 1 atom stereocenters. The molecule has 0 bridgehead atoms. The van der Waals surface area contributed by atoms with Crippen LogP contribution in [0.2, 0.25) is 0 Å². The Hall–Kier alpha value is -0.730. The van der Waals surface area contributed by atoms with Gasteiger partial charge in [-0.25, -0.2) is 0 Å². The number of hydrogen-bond donors (Lipinski definition) is 0. The molecule has 1 unspecified atom stereocenters. The Morgan fingerprint density at radius 3 is 2.31 bits per heavy atom. The third-order valence-corrected chi connectivity index (χ3v) is 2.30. The highest BCUT2D eigenvalue weighted by Crippen LogP contribution is 2.16. The minimum absolute atomic E-state index is 0.419. The van der Waals surface area contributed by atoms with E-state index in [2.05, 4.69) is 49.6 Å². The summed E-state index contributed by atoms with van der Waals surface area (Å²) in [6, 6.07) is 0.489. The van der Waals surface area contributed by atoms with E-state index in [0.29, 0.717) is 18.1 Å². The lowest BCUT2D eigenvalue weighted by molar-refractivity contribution is 0.108. The zero-order valence-electron chi connectivity index (χ0n) is 9.36. The van der Waals surface area contributed by atoms with Gasteiger partial charge in [-0.2, -0.15) is 5.10 Å². The third kappa shape index (κ3) is 2.36. The summed E-state index contributed by atoms with van der Waals surface area (Å²) in [7, 11) is 0. The Kier molecular flexibility index (Phi) is 3.17. The van der Waals surface area contributed by atoms with Gasteiger partial charge in [0.05, 0.1) is 0 Å². The lowest BCUT2D eigenvalue weighted by Gasteiger charge is -2.30. The van der Waals surface area contributed by atoms with Crippen molar-refractivity contribution in [2.45, 2.75) is 46.8 Å². The van der Waals surface area contributed by atoms with Crippen molar-refractivity contribution in [3.63, 3.8) is 0 Å². The fourth-order valence-electron chi connectivity index (χ4n) is 1.66. The number of hydrazone groups is 1. The molecule has 0 aromatic rings. The van der Waals surface area contributed by atoms with Crippen LogP contribution in [0.5, 0.6) is 0 Å². The van der Waals surface area contributed by atoms with Crippen molar-refractivity contribution < 1.29 is 0 Å². The quantitative estimate of drug-likeness (QED) is 0.666. The van der Waals surface area contributed by atoms with Gasteiger partial charge in [-0.05, 0) is 26.7 Å². The van der Waals surface area contributed by atoms with Crippen LogP contribution < -0.4 is 0 Å². The fourth-order valence-corrected chi connectivity index (χ4v) is 1.66. The summed E-state index contributed by atoms with van der Waals surface area (Å²) in [5.41, 5.74) is 0. The smallest absolute Gasteiger partial charge is 0.116 e. The summed E-state index contributed by atoms with van der Waals surface area (Å²) in [5.74, 6) is 0.695. The molecular weight excluding hydrogens is 162 g/mol. The molecule has 0 N–H and O–H groups in total. The number of hydrogen-bond acceptors (Lipinski definition) is 3. The first-order valence-corrected chi connectivity index (χ1v) is 5.10. The van der Waals surface area contributed by atoms with E-state index in [-0.39, 0.29) is 0 Å². The van der Waals surface area contributed by atoms with Crippen LogP contribution in [0.1, 0.15) is 34.6 Å². The molecule has 0 amide bonds. The highest BCUT2D eigenvalue weighted by Gasteiger charge is 2.25. The van der Waals surface area contributed by atoms with E-state index < -0.39 is 0 Å². The zero-order valence-corrected chi connectivity index (χ0v) is 9.36. The lowest BCUT2D eigenvalue weighted by Crippen LogP contribution is -2.41. The van der Waals surface area contributed by atoms with Crippen LogP contribution in [-0.2, 0) is 0 Å². The monoisotopic (exact) mass is 183 g/mol. The van der Waals surface area contributed by atoms with Crippen molar-refractivity contribution in [1.29, 1.82) is 0 Å². The summed E-state index contributed by atoms with van der Waals surface area (Å²) in [5, 5.41) is 6.53. The van der Waals surface area contributed by atoms with Gasteiger partial charge in [0.1, 0.15) is 12.5 Å². The van der Waals surface area contributed by atoms with Crippen LogP contribution in [0, 0.1) is 5.92 Å². The summed E-state index contributed by atoms with van der Waals surface area (Å²) in [6.07, 6.45) is 2.38. The SMILES string of the molecule is CC(C)CN1C=NN(C(C)C)C1C. The average molecular weight is 183 g/mol. The van der Waals surface area contributed by atoms with Crippen LogP contribution in [-0.4, -0.2) is 35.0 Å². The molecular formula is C10H21N3. The second-order valence-electron chi connectivity index (χ2n) is 4.43. The number of rotatable bonds is 3. The Morgan fingerprint density at radius 2 is 1.92 bits per heavy atom. The first kappa shape index (κ1) is 10.4.